The van der Waals surface area contributed by atoms with E-state index >= 15 is 0 Å². The van der Waals surface area contributed by atoms with Gasteiger partial charge in [-0.1, -0.05) is 194 Å². The summed E-state index contributed by atoms with van der Waals surface area (Å²) in [4.78, 5) is 0. The molecule has 0 amide bonds. The normalized spacial score (nSPS) is 13.8. The number of hydrogen-bond donors (Lipinski definition) is 2. The maximum Gasteiger partial charge on any atom is 0.166 e. The minimum absolute atomic E-state index is 0.0259. The lowest BCUT2D eigenvalue weighted by Crippen LogP contribution is -2.27. The fraction of sp³-hybridized carbons (Fsp3) is 1.00. The van der Waals surface area contributed by atoms with Crippen LogP contribution in [-0.4, -0.2) is 51.7 Å². The molecule has 0 saturated heterocycles. The molecule has 2 N–H and O–H groups in total. The summed E-state index contributed by atoms with van der Waals surface area (Å²) in [5.41, 5.74) is 0. The van der Waals surface area contributed by atoms with Crippen molar-refractivity contribution in [1.82, 2.24) is 0 Å². The fourth-order valence-electron chi connectivity index (χ4n) is 5.87. The zero-order chi connectivity index (χ0) is 32.2. The number of aliphatic hydroxyl groups is 2. The molecule has 2 atom stereocenters. The smallest absolute Gasteiger partial charge is 0.166 e. The second kappa shape index (κ2) is 37.4. The summed E-state index contributed by atoms with van der Waals surface area (Å²) in [6.45, 7) is 5.54. The van der Waals surface area contributed by atoms with Crippen LogP contribution >= 0.6 is 0 Å². The van der Waals surface area contributed by atoms with Crippen molar-refractivity contribution < 1.29 is 23.9 Å². The minimum Gasteiger partial charge on any atom is -0.367 e. The van der Waals surface area contributed by atoms with Gasteiger partial charge in [-0.2, -0.15) is 0 Å². The number of ether oxygens (including phenoxy) is 2. The third-order valence-corrected chi connectivity index (χ3v) is 10.1. The van der Waals surface area contributed by atoms with Gasteiger partial charge in [-0.05, 0) is 12.8 Å². The molecule has 0 spiro atoms. The van der Waals surface area contributed by atoms with Crippen molar-refractivity contribution in [3.63, 3.8) is 0 Å². The first-order valence-corrected chi connectivity index (χ1v) is 21.0. The van der Waals surface area contributed by atoms with Gasteiger partial charge in [-0.15, -0.1) is 0 Å². The van der Waals surface area contributed by atoms with Gasteiger partial charge in [0.05, 0.1) is 11.5 Å². The van der Waals surface area contributed by atoms with Crippen LogP contribution in [0.1, 0.15) is 206 Å². The van der Waals surface area contributed by atoms with E-state index < -0.39 is 23.4 Å². The Hall–Kier alpha value is -0.0100. The number of unbranched alkanes of at least 4 members (excludes halogenated alkanes) is 28. The predicted molar refractivity (Wildman–Crippen MR) is 192 cm³/mol. The maximum absolute atomic E-state index is 12.2. The lowest BCUT2D eigenvalue weighted by molar-refractivity contribution is -0.0868. The van der Waals surface area contributed by atoms with Crippen molar-refractivity contribution in [3.05, 3.63) is 0 Å². The topological polar surface area (TPSA) is 76.0 Å². The van der Waals surface area contributed by atoms with Gasteiger partial charge in [-0.3, -0.25) is 4.21 Å². The van der Waals surface area contributed by atoms with Crippen LogP contribution in [0.15, 0.2) is 0 Å². The van der Waals surface area contributed by atoms with Crippen LogP contribution in [0.25, 0.3) is 0 Å². The Morgan fingerprint density at radius 2 is 0.591 bits per heavy atom. The summed E-state index contributed by atoms with van der Waals surface area (Å²) < 4.78 is 23.1. The van der Waals surface area contributed by atoms with E-state index in [0.29, 0.717) is 13.2 Å². The van der Waals surface area contributed by atoms with Crippen LogP contribution < -0.4 is 0 Å². The Balaban J connectivity index is 3.37. The summed E-state index contributed by atoms with van der Waals surface area (Å²) in [6.07, 6.45) is 37.5. The molecule has 0 heterocycles. The Bertz CT molecular complexity index is 515. The zero-order valence-electron chi connectivity index (χ0n) is 29.7. The van der Waals surface area contributed by atoms with Crippen LogP contribution in [0.2, 0.25) is 0 Å². The molecule has 0 aliphatic heterocycles. The van der Waals surface area contributed by atoms with Gasteiger partial charge in [0.15, 0.2) is 12.6 Å². The molecule has 0 aromatic carbocycles. The Morgan fingerprint density at radius 1 is 0.386 bits per heavy atom. The molecule has 0 bridgehead atoms. The van der Waals surface area contributed by atoms with E-state index in [1.54, 1.807) is 0 Å². The molecule has 0 saturated carbocycles. The van der Waals surface area contributed by atoms with E-state index in [2.05, 4.69) is 13.8 Å². The van der Waals surface area contributed by atoms with Crippen LogP contribution in [-0.2, 0) is 20.3 Å². The molecule has 2 unspecified atom stereocenters. The third-order valence-electron chi connectivity index (χ3n) is 8.77. The van der Waals surface area contributed by atoms with E-state index in [4.69, 9.17) is 9.47 Å². The number of hydrogen-bond acceptors (Lipinski definition) is 5. The summed E-state index contributed by atoms with van der Waals surface area (Å²) >= 11 is 0. The highest BCUT2D eigenvalue weighted by Gasteiger charge is 2.14. The average molecular weight is 647 g/mol. The Morgan fingerprint density at radius 3 is 0.818 bits per heavy atom. The summed E-state index contributed by atoms with van der Waals surface area (Å²) in [5, 5.41) is 20.1. The monoisotopic (exact) mass is 647 g/mol. The van der Waals surface area contributed by atoms with Crippen LogP contribution in [0, 0.1) is 0 Å². The highest BCUT2D eigenvalue weighted by atomic mass is 32.2. The summed E-state index contributed by atoms with van der Waals surface area (Å²) in [7, 11) is -1.37. The highest BCUT2D eigenvalue weighted by Crippen LogP contribution is 2.15. The molecular formula is C38H78O5S. The molecule has 0 aromatic heterocycles. The fourth-order valence-corrected chi connectivity index (χ4v) is 6.83. The Labute approximate surface area is 277 Å². The number of aliphatic hydroxyl groups excluding tert-OH is 2. The second-order valence-corrected chi connectivity index (χ2v) is 14.9. The third kappa shape index (κ3) is 36.5. The molecule has 44 heavy (non-hydrogen) atoms. The SMILES string of the molecule is CCCCCCCCCCCCCCCCCOC(O)CS(=O)CC(O)OCCCCCCCCCCCCCCCCC. The van der Waals surface area contributed by atoms with Crippen molar-refractivity contribution in [2.24, 2.45) is 0 Å². The van der Waals surface area contributed by atoms with Crippen molar-refractivity contribution in [2.45, 2.75) is 219 Å². The summed E-state index contributed by atoms with van der Waals surface area (Å²) in [5.74, 6) is 0.0518. The molecule has 0 aliphatic carbocycles. The van der Waals surface area contributed by atoms with Gasteiger partial charge >= 0.3 is 0 Å². The molecule has 6 heteroatoms. The molecule has 266 valence electrons. The molecule has 0 radical (unpaired) electrons. The first-order valence-electron chi connectivity index (χ1n) is 19.5. The minimum atomic E-state index is -1.37. The van der Waals surface area contributed by atoms with Gasteiger partial charge < -0.3 is 19.7 Å². The average Bonchev–Trinajstić information content (AvgIpc) is 3.00. The van der Waals surface area contributed by atoms with Crippen LogP contribution in [0.3, 0.4) is 0 Å². The van der Waals surface area contributed by atoms with Crippen molar-refractivity contribution in [1.29, 1.82) is 0 Å². The van der Waals surface area contributed by atoms with Gasteiger partial charge in [-0.25, -0.2) is 0 Å². The molecular weight excluding hydrogens is 568 g/mol. The summed E-state index contributed by atoms with van der Waals surface area (Å²) in [6, 6.07) is 0. The lowest BCUT2D eigenvalue weighted by Gasteiger charge is -2.14. The molecule has 0 aromatic rings. The zero-order valence-corrected chi connectivity index (χ0v) is 30.5. The Kier molecular flexibility index (Phi) is 37.4. The number of rotatable bonds is 38. The van der Waals surface area contributed by atoms with Crippen LogP contribution in [0.4, 0.5) is 0 Å². The quantitative estimate of drug-likeness (QED) is 0.0515. The molecule has 0 aliphatic rings. The highest BCUT2D eigenvalue weighted by molar-refractivity contribution is 7.85. The van der Waals surface area contributed by atoms with E-state index in [-0.39, 0.29) is 11.5 Å². The molecule has 0 rings (SSSR count). The van der Waals surface area contributed by atoms with Gasteiger partial charge in [0.25, 0.3) is 0 Å². The van der Waals surface area contributed by atoms with E-state index in [0.717, 1.165) is 25.7 Å². The maximum atomic E-state index is 12.2. The van der Waals surface area contributed by atoms with Crippen molar-refractivity contribution in [2.75, 3.05) is 24.7 Å². The lowest BCUT2D eigenvalue weighted by atomic mass is 10.0. The van der Waals surface area contributed by atoms with E-state index in [1.165, 1.54) is 167 Å². The standard InChI is InChI=1S/C38H78O5S/c1-3-5-7-9-11-13-15-17-19-21-23-25-27-29-31-33-42-37(39)35-44(41)36-38(40)43-34-32-30-28-26-24-22-20-18-16-14-12-10-8-6-4-2/h37-40H,3-36H2,1-2H3. The van der Waals surface area contributed by atoms with Gasteiger partial charge in [0.2, 0.25) is 0 Å². The van der Waals surface area contributed by atoms with Gasteiger partial charge in [0, 0.05) is 24.0 Å². The first-order chi connectivity index (χ1) is 21.6. The van der Waals surface area contributed by atoms with Crippen molar-refractivity contribution in [3.8, 4) is 0 Å². The molecule has 5 nitrogen and oxygen atoms in total. The second-order valence-electron chi connectivity index (χ2n) is 13.3. The largest absolute Gasteiger partial charge is 0.367 e. The van der Waals surface area contributed by atoms with Crippen LogP contribution in [0.5, 0.6) is 0 Å². The molecule has 0 fully saturated rings. The van der Waals surface area contributed by atoms with Gasteiger partial charge in [0.1, 0.15) is 0 Å². The van der Waals surface area contributed by atoms with E-state index in [9.17, 15) is 14.4 Å². The first kappa shape index (κ1) is 44.0. The predicted octanol–water partition coefficient (Wildman–Crippen LogP) is 11.1. The van der Waals surface area contributed by atoms with E-state index in [1.807, 2.05) is 0 Å². The van der Waals surface area contributed by atoms with Crippen molar-refractivity contribution >= 4 is 10.8 Å².